The molecule has 1 heterocycles. The van der Waals surface area contributed by atoms with Crippen LogP contribution in [0.5, 0.6) is 0 Å². The van der Waals surface area contributed by atoms with E-state index in [2.05, 4.69) is 10.3 Å². The van der Waals surface area contributed by atoms with Gasteiger partial charge in [-0.2, -0.15) is 0 Å². The number of hydrogen-bond donors (Lipinski definition) is 3. The second-order valence-corrected chi connectivity index (χ2v) is 5.42. The first-order valence-corrected chi connectivity index (χ1v) is 6.17. The lowest BCUT2D eigenvalue weighted by molar-refractivity contribution is -0.120. The van der Waals surface area contributed by atoms with Gasteiger partial charge in [0.2, 0.25) is 5.91 Å². The Bertz CT molecular complexity index is 598. The van der Waals surface area contributed by atoms with Crippen molar-refractivity contribution in [2.24, 2.45) is 5.73 Å². The molecule has 0 atom stereocenters. The van der Waals surface area contributed by atoms with E-state index >= 15 is 0 Å². The summed E-state index contributed by atoms with van der Waals surface area (Å²) in [6.45, 7) is 4.09. The number of carbonyl (C=O) groups excluding carboxylic acids is 1. The van der Waals surface area contributed by atoms with Crippen LogP contribution in [0.3, 0.4) is 0 Å². The van der Waals surface area contributed by atoms with Gasteiger partial charge in [-0.05, 0) is 25.5 Å². The molecular formula is C14H18FN3O. The third kappa shape index (κ3) is 3.32. The molecule has 0 aliphatic rings. The van der Waals surface area contributed by atoms with Crippen molar-refractivity contribution in [1.29, 1.82) is 0 Å². The van der Waals surface area contributed by atoms with E-state index in [1.807, 2.05) is 13.8 Å². The largest absolute Gasteiger partial charge is 0.359 e. The molecule has 1 aromatic carbocycles. The number of aromatic amines is 1. The molecule has 0 saturated heterocycles. The number of carbonyl (C=O) groups is 1. The van der Waals surface area contributed by atoms with Gasteiger partial charge in [0.1, 0.15) is 5.82 Å². The predicted molar refractivity (Wildman–Crippen MR) is 73.2 cm³/mol. The van der Waals surface area contributed by atoms with Crippen LogP contribution < -0.4 is 11.1 Å². The van der Waals surface area contributed by atoms with Crippen LogP contribution >= 0.6 is 0 Å². The molecular weight excluding hydrogens is 245 g/mol. The number of aromatic nitrogens is 1. The highest BCUT2D eigenvalue weighted by atomic mass is 19.1. The molecule has 0 bridgehead atoms. The summed E-state index contributed by atoms with van der Waals surface area (Å²) in [7, 11) is 0. The van der Waals surface area contributed by atoms with Crippen molar-refractivity contribution in [1.82, 2.24) is 10.3 Å². The number of halogens is 1. The number of amides is 1. The van der Waals surface area contributed by atoms with Gasteiger partial charge in [-0.15, -0.1) is 0 Å². The highest BCUT2D eigenvalue weighted by Gasteiger charge is 2.14. The Morgan fingerprint density at radius 2 is 2.21 bits per heavy atom. The third-order valence-corrected chi connectivity index (χ3v) is 2.84. The molecule has 0 aliphatic carbocycles. The minimum Gasteiger partial charge on any atom is -0.359 e. The lowest BCUT2D eigenvalue weighted by atomic mass is 10.1. The molecule has 1 aromatic heterocycles. The van der Waals surface area contributed by atoms with Crippen LogP contribution in [0.2, 0.25) is 0 Å². The van der Waals surface area contributed by atoms with E-state index < -0.39 is 5.54 Å². The zero-order chi connectivity index (χ0) is 14.0. The van der Waals surface area contributed by atoms with Crippen LogP contribution in [0.15, 0.2) is 24.4 Å². The summed E-state index contributed by atoms with van der Waals surface area (Å²) in [4.78, 5) is 14.7. The summed E-state index contributed by atoms with van der Waals surface area (Å²) in [5.41, 5.74) is 6.57. The van der Waals surface area contributed by atoms with E-state index in [-0.39, 0.29) is 18.1 Å². The fourth-order valence-electron chi connectivity index (χ4n) is 1.88. The smallest absolute Gasteiger partial charge is 0.224 e. The lowest BCUT2D eigenvalue weighted by Crippen LogP contribution is -2.45. The van der Waals surface area contributed by atoms with Crippen LogP contribution in [-0.4, -0.2) is 23.0 Å². The number of H-pyrrole nitrogens is 1. The number of nitrogens with two attached hydrogens (primary N) is 1. The molecule has 1 amide bonds. The summed E-state index contributed by atoms with van der Waals surface area (Å²) >= 11 is 0. The summed E-state index contributed by atoms with van der Waals surface area (Å²) in [6, 6.07) is 4.82. The van der Waals surface area contributed by atoms with Crippen molar-refractivity contribution >= 4 is 16.8 Å². The molecule has 102 valence electrons. The summed E-state index contributed by atoms with van der Waals surface area (Å²) in [5.74, 6) is -0.434. The van der Waals surface area contributed by atoms with Gasteiger partial charge in [0.25, 0.3) is 0 Å². The molecule has 4 nitrogen and oxygen atoms in total. The Hall–Kier alpha value is -1.88. The molecule has 0 spiro atoms. The lowest BCUT2D eigenvalue weighted by Gasteiger charge is -2.18. The normalized spacial score (nSPS) is 11.8. The fraction of sp³-hybridized carbons (Fsp3) is 0.357. The molecule has 0 saturated carbocycles. The number of para-hydroxylation sites is 1. The topological polar surface area (TPSA) is 70.9 Å². The molecule has 0 fully saturated rings. The third-order valence-electron chi connectivity index (χ3n) is 2.84. The minimum absolute atomic E-state index is 0.122. The Kier molecular flexibility index (Phi) is 3.57. The van der Waals surface area contributed by atoms with Gasteiger partial charge < -0.3 is 16.0 Å². The molecule has 0 radical (unpaired) electrons. The molecule has 5 heteroatoms. The van der Waals surface area contributed by atoms with Crippen LogP contribution in [0, 0.1) is 5.82 Å². The van der Waals surface area contributed by atoms with Gasteiger partial charge in [0.05, 0.1) is 11.9 Å². The van der Waals surface area contributed by atoms with Gasteiger partial charge in [-0.3, -0.25) is 4.79 Å². The maximum atomic E-state index is 13.5. The van der Waals surface area contributed by atoms with Crippen molar-refractivity contribution in [3.63, 3.8) is 0 Å². The van der Waals surface area contributed by atoms with Crippen molar-refractivity contribution in [2.45, 2.75) is 25.8 Å². The van der Waals surface area contributed by atoms with E-state index in [4.69, 9.17) is 5.73 Å². The van der Waals surface area contributed by atoms with Gasteiger partial charge in [-0.25, -0.2) is 4.39 Å². The fourth-order valence-corrected chi connectivity index (χ4v) is 1.88. The van der Waals surface area contributed by atoms with Crippen LogP contribution in [-0.2, 0) is 11.2 Å². The first-order valence-electron chi connectivity index (χ1n) is 6.17. The summed E-state index contributed by atoms with van der Waals surface area (Å²) < 4.78 is 13.5. The van der Waals surface area contributed by atoms with Crippen molar-refractivity contribution in [2.75, 3.05) is 6.54 Å². The number of fused-ring (bicyclic) bond motifs is 1. The van der Waals surface area contributed by atoms with Gasteiger partial charge in [-0.1, -0.05) is 12.1 Å². The molecule has 0 unspecified atom stereocenters. The summed E-state index contributed by atoms with van der Waals surface area (Å²) in [5, 5.41) is 3.51. The molecule has 0 aliphatic heterocycles. The second kappa shape index (κ2) is 5.01. The van der Waals surface area contributed by atoms with Crippen molar-refractivity contribution in [3.8, 4) is 0 Å². The minimum atomic E-state index is -0.442. The molecule has 19 heavy (non-hydrogen) atoms. The zero-order valence-corrected chi connectivity index (χ0v) is 11.1. The average molecular weight is 263 g/mol. The van der Waals surface area contributed by atoms with E-state index in [1.54, 1.807) is 18.3 Å². The quantitative estimate of drug-likeness (QED) is 0.785. The Labute approximate surface area is 111 Å². The molecule has 2 rings (SSSR count). The van der Waals surface area contributed by atoms with Crippen LogP contribution in [0.4, 0.5) is 4.39 Å². The molecule has 4 N–H and O–H groups in total. The van der Waals surface area contributed by atoms with E-state index in [0.717, 1.165) is 10.9 Å². The standard InChI is InChI=1S/C14H18FN3O/c1-14(2,16)8-18-12(19)6-9-7-17-13-10(9)4-3-5-11(13)15/h3-5,7,17H,6,8,16H2,1-2H3,(H,18,19). The highest BCUT2D eigenvalue weighted by Crippen LogP contribution is 2.20. The summed E-state index contributed by atoms with van der Waals surface area (Å²) in [6.07, 6.45) is 1.88. The second-order valence-electron chi connectivity index (χ2n) is 5.42. The Balaban J connectivity index is 2.10. The first kappa shape index (κ1) is 13.5. The number of rotatable bonds is 4. The Morgan fingerprint density at radius 1 is 1.47 bits per heavy atom. The number of hydrogen-bond acceptors (Lipinski definition) is 2. The Morgan fingerprint density at radius 3 is 2.89 bits per heavy atom. The maximum Gasteiger partial charge on any atom is 0.224 e. The number of nitrogens with one attached hydrogen (secondary N) is 2. The first-order chi connectivity index (χ1) is 8.87. The molecule has 2 aromatic rings. The van der Waals surface area contributed by atoms with Gasteiger partial charge >= 0.3 is 0 Å². The highest BCUT2D eigenvalue weighted by molar-refractivity contribution is 5.89. The van der Waals surface area contributed by atoms with Crippen molar-refractivity contribution in [3.05, 3.63) is 35.8 Å². The van der Waals surface area contributed by atoms with Crippen LogP contribution in [0.25, 0.3) is 10.9 Å². The van der Waals surface area contributed by atoms with Gasteiger partial charge in [0, 0.05) is 23.7 Å². The van der Waals surface area contributed by atoms with E-state index in [0.29, 0.717) is 12.1 Å². The van der Waals surface area contributed by atoms with Gasteiger partial charge in [0.15, 0.2) is 0 Å². The predicted octanol–water partition coefficient (Wildman–Crippen LogP) is 1.70. The van der Waals surface area contributed by atoms with E-state index in [1.165, 1.54) is 6.07 Å². The average Bonchev–Trinajstić information content (AvgIpc) is 2.71. The van der Waals surface area contributed by atoms with E-state index in [9.17, 15) is 9.18 Å². The number of benzene rings is 1. The monoisotopic (exact) mass is 263 g/mol. The SMILES string of the molecule is CC(C)(N)CNC(=O)Cc1c[nH]c2c(F)cccc12. The van der Waals surface area contributed by atoms with Crippen LogP contribution in [0.1, 0.15) is 19.4 Å². The zero-order valence-electron chi connectivity index (χ0n) is 11.1. The van der Waals surface area contributed by atoms with Crippen molar-refractivity contribution < 1.29 is 9.18 Å². The maximum absolute atomic E-state index is 13.5.